The number of nitrogen functional groups attached to an aromatic ring is 2. The smallest absolute Gasteiger partial charge is 0.479 e. The fourth-order valence-corrected chi connectivity index (χ4v) is 11.7. The van der Waals surface area contributed by atoms with Gasteiger partial charge < -0.3 is 56.3 Å². The van der Waals surface area contributed by atoms with Crippen LogP contribution in [-0.2, 0) is 43.4 Å². The number of hydrogen-bond acceptors (Lipinski definition) is 20. The second-order valence-corrected chi connectivity index (χ2v) is 19.0. The van der Waals surface area contributed by atoms with Gasteiger partial charge in [-0.3, -0.25) is 28.0 Å². The highest BCUT2D eigenvalue weighted by atomic mass is 31.3. The Morgan fingerprint density at radius 2 is 1.60 bits per heavy atom. The molecule has 26 nitrogen and oxygen atoms in total. The summed E-state index contributed by atoms with van der Waals surface area (Å²) in [5.74, 6) is -1.39. The van der Waals surface area contributed by atoms with E-state index in [9.17, 15) is 53.8 Å². The van der Waals surface area contributed by atoms with Gasteiger partial charge in [0.1, 0.15) is 30.5 Å². The van der Waals surface area contributed by atoms with Crippen molar-refractivity contribution < 1.29 is 76.2 Å². The van der Waals surface area contributed by atoms with Crippen LogP contribution in [0.25, 0.3) is 22.3 Å². The maximum atomic E-state index is 13.0. The molecule has 12 atom stereocenters. The van der Waals surface area contributed by atoms with Crippen LogP contribution in [0.15, 0.2) is 17.4 Å². The fourth-order valence-electron chi connectivity index (χ4n) is 6.37. The van der Waals surface area contributed by atoms with Crippen LogP contribution in [0.2, 0.25) is 0 Å². The molecule has 0 bridgehead atoms. The Balaban J connectivity index is 1.00. The van der Waals surface area contributed by atoms with Crippen molar-refractivity contribution in [2.45, 2.75) is 68.8 Å². The highest BCUT2D eigenvalue weighted by molar-refractivity contribution is 7.70. The summed E-state index contributed by atoms with van der Waals surface area (Å²) in [6, 6.07) is 0. The monoisotopic (exact) mass is 841 g/mol. The average molecular weight is 842 g/mol. The van der Waals surface area contributed by atoms with Crippen LogP contribution >= 0.6 is 23.0 Å². The first-order valence-electron chi connectivity index (χ1n) is 16.3. The largest absolute Gasteiger partial charge is 0.490 e. The maximum absolute atomic E-state index is 13.0. The number of aliphatic hydroxyl groups is 4. The first kappa shape index (κ1) is 41.2. The van der Waals surface area contributed by atoms with E-state index >= 15 is 0 Å². The van der Waals surface area contributed by atoms with Crippen LogP contribution in [0, 0.1) is 5.92 Å². The second kappa shape index (κ2) is 15.1. The van der Waals surface area contributed by atoms with E-state index in [-0.39, 0.29) is 47.1 Å². The lowest BCUT2D eigenvalue weighted by Crippen LogP contribution is -2.33. The molecule has 4 aromatic heterocycles. The number of nitrogens with two attached hydrogens (primary N) is 2. The normalized spacial score (nSPS) is 29.7. The molecule has 29 heteroatoms. The van der Waals surface area contributed by atoms with Crippen LogP contribution in [0.1, 0.15) is 32.2 Å². The van der Waals surface area contributed by atoms with Gasteiger partial charge in [0, 0.05) is 6.66 Å². The number of aromatic hydroxyl groups is 1. The summed E-state index contributed by atoms with van der Waals surface area (Å²) in [4.78, 5) is 50.7. The molecule has 0 saturated carbocycles. The molecule has 4 aromatic rings. The van der Waals surface area contributed by atoms with Crippen molar-refractivity contribution in [2.75, 3.05) is 30.9 Å². The van der Waals surface area contributed by atoms with E-state index in [1.54, 1.807) is 14.0 Å². The fraction of sp³-hybridized carbons (Fsp3) is 0.615. The summed E-state index contributed by atoms with van der Waals surface area (Å²) in [6.45, 7) is 1.38. The highest BCUT2D eigenvalue weighted by Crippen LogP contribution is 2.68. The first-order chi connectivity index (χ1) is 25.6. The number of hydrogen-bond donors (Lipinski definition) is 10. The Hall–Kier alpha value is -3.45. The molecule has 7 unspecified atom stereocenters. The van der Waals surface area contributed by atoms with E-state index in [1.807, 2.05) is 0 Å². The third-order valence-electron chi connectivity index (χ3n) is 8.90. The van der Waals surface area contributed by atoms with Crippen molar-refractivity contribution in [3.05, 3.63) is 23.0 Å². The Kier molecular flexibility index (Phi) is 11.3. The first-order valence-corrected chi connectivity index (χ1v) is 21.6. The number of aromatic amines is 1. The van der Waals surface area contributed by atoms with Crippen molar-refractivity contribution in [1.29, 1.82) is 0 Å². The van der Waals surface area contributed by atoms with Crippen molar-refractivity contribution >= 4 is 57.2 Å². The highest BCUT2D eigenvalue weighted by Gasteiger charge is 2.49. The third-order valence-corrected chi connectivity index (χ3v) is 14.4. The zero-order valence-electron chi connectivity index (χ0n) is 29.1. The zero-order valence-corrected chi connectivity index (χ0v) is 31.8. The third kappa shape index (κ3) is 8.62. The number of rotatable bonds is 14. The van der Waals surface area contributed by atoms with Crippen molar-refractivity contribution in [3.63, 3.8) is 0 Å². The number of aromatic nitrogens is 8. The number of imidazole rings is 2. The summed E-state index contributed by atoms with van der Waals surface area (Å²) in [6.07, 6.45) is -9.37. The SMILES string of the molecule is CC(CCP(=O)(O)OP(C)(=O)OP(=O)(O)OC[C@H]1O[C@@H](n2cnc3c(=O)[nH]c(N)nc32)[C@@H](O)C1O)C[C@H]1O[C@@H](n2c[n+](C)c3c(O)nc(N)nc32)C(O)C1O. The van der Waals surface area contributed by atoms with Gasteiger partial charge in [0.2, 0.25) is 24.5 Å². The summed E-state index contributed by atoms with van der Waals surface area (Å²) < 4.78 is 68.2. The number of anilines is 2. The maximum Gasteiger partial charge on any atom is 0.479 e. The predicted molar refractivity (Wildman–Crippen MR) is 184 cm³/mol. The molecule has 2 saturated heterocycles. The van der Waals surface area contributed by atoms with Crippen molar-refractivity contribution in [3.8, 4) is 5.88 Å². The Bertz CT molecular complexity index is 2290. The van der Waals surface area contributed by atoms with Gasteiger partial charge in [0.15, 0.2) is 17.4 Å². The van der Waals surface area contributed by atoms with Crippen LogP contribution in [-0.4, -0.2) is 125 Å². The lowest BCUT2D eigenvalue weighted by molar-refractivity contribution is -0.646. The van der Waals surface area contributed by atoms with Crippen LogP contribution in [0.4, 0.5) is 11.9 Å². The molecule has 304 valence electrons. The predicted octanol–water partition coefficient (Wildman–Crippen LogP) is -1.93. The lowest BCUT2D eigenvalue weighted by Gasteiger charge is -2.23. The van der Waals surface area contributed by atoms with Crippen LogP contribution in [0.3, 0.4) is 0 Å². The van der Waals surface area contributed by atoms with E-state index in [1.165, 1.54) is 15.5 Å². The van der Waals surface area contributed by atoms with Crippen LogP contribution < -0.4 is 21.6 Å². The summed E-state index contributed by atoms with van der Waals surface area (Å²) in [5.41, 5.74) is 10.6. The van der Waals surface area contributed by atoms with E-state index < -0.39 is 102 Å². The van der Waals surface area contributed by atoms with E-state index in [0.29, 0.717) is 6.66 Å². The molecule has 6 rings (SSSR count). The quantitative estimate of drug-likeness (QED) is 0.0488. The van der Waals surface area contributed by atoms with Crippen LogP contribution in [0.5, 0.6) is 5.88 Å². The molecule has 6 heterocycles. The van der Waals surface area contributed by atoms with E-state index in [2.05, 4.69) is 29.2 Å². The molecule has 55 heavy (non-hydrogen) atoms. The number of aliphatic hydroxyl groups excluding tert-OH is 4. The number of nitrogens with zero attached hydrogens (tertiary/aromatic N) is 7. The van der Waals surface area contributed by atoms with Gasteiger partial charge in [-0.2, -0.15) is 19.5 Å². The van der Waals surface area contributed by atoms with Gasteiger partial charge in [0.05, 0.1) is 32.2 Å². The molecule has 0 spiro atoms. The Morgan fingerprint density at radius 3 is 2.29 bits per heavy atom. The molecule has 2 aliphatic heterocycles. The number of fused-ring (bicyclic) bond motifs is 2. The minimum Gasteiger partial charge on any atom is -0.490 e. The molecule has 0 amide bonds. The molecule has 0 aromatic carbocycles. The molecular formula is C26H40N10O16P3+. The summed E-state index contributed by atoms with van der Waals surface area (Å²) in [5, 5.41) is 52.9. The number of nitrogens with one attached hydrogen (secondary N) is 1. The van der Waals surface area contributed by atoms with Gasteiger partial charge in [-0.25, -0.2) is 22.7 Å². The molecule has 2 fully saturated rings. The van der Waals surface area contributed by atoms with Crippen molar-refractivity contribution in [1.82, 2.24) is 34.1 Å². The molecule has 12 N–H and O–H groups in total. The van der Waals surface area contributed by atoms with E-state index in [4.69, 9.17) is 29.8 Å². The second-order valence-electron chi connectivity index (χ2n) is 13.3. The molecule has 2 aliphatic rings. The lowest BCUT2D eigenvalue weighted by atomic mass is 9.97. The van der Waals surface area contributed by atoms with Gasteiger partial charge in [-0.15, -0.1) is 0 Å². The number of ether oxygens (including phenoxy) is 2. The van der Waals surface area contributed by atoms with Gasteiger partial charge >= 0.3 is 23.0 Å². The van der Waals surface area contributed by atoms with E-state index in [0.717, 1.165) is 10.9 Å². The minimum atomic E-state index is -5.34. The number of H-pyrrole nitrogens is 1. The molecule has 0 aliphatic carbocycles. The zero-order chi connectivity index (χ0) is 40.4. The number of aryl methyl sites for hydroxylation is 1. The van der Waals surface area contributed by atoms with Gasteiger partial charge in [-0.1, -0.05) is 6.92 Å². The van der Waals surface area contributed by atoms with Gasteiger partial charge in [-0.05, 0) is 18.8 Å². The number of phosphoric ester groups is 1. The number of phosphoric acid groups is 1. The molecule has 0 radical (unpaired) electrons. The topological polar surface area (TPSA) is 389 Å². The summed E-state index contributed by atoms with van der Waals surface area (Å²) in [7, 11) is -13.3. The Labute approximate surface area is 308 Å². The van der Waals surface area contributed by atoms with Gasteiger partial charge in [0.25, 0.3) is 22.6 Å². The summed E-state index contributed by atoms with van der Waals surface area (Å²) >= 11 is 0. The standard InChI is InChI=1S/C26H39N10O16P3/c1-10(6-11-15(37)17(39)24(49-11)36-9-34(2)14-20(36)31-26(28)33-22(14)42)4-5-54(44,45)51-53(3,43)52-55(46,47)48-7-12-16(38)18(40)23(50-12)35-8-29-13-19(35)30-25(27)32-21(13)41/h8-12,15-18,23-24,37-40H,4-7H2,1-3H3,(H7-,27,28,30,31,32,33,41,42,44,45,46,47)/p+1/t10?,11-,12-,15?,16?,17?,18+,23-,24-,53?/m1/s1. The Morgan fingerprint density at radius 1 is 0.964 bits per heavy atom. The van der Waals surface area contributed by atoms with Crippen molar-refractivity contribution in [2.24, 2.45) is 13.0 Å². The average Bonchev–Trinajstić information content (AvgIpc) is 3.78. The molecular weight excluding hydrogens is 801 g/mol. The minimum absolute atomic E-state index is 0.0625.